The fourth-order valence-corrected chi connectivity index (χ4v) is 1.43. The second kappa shape index (κ2) is 6.25. The van der Waals surface area contributed by atoms with Gasteiger partial charge in [-0.15, -0.1) is 0 Å². The minimum Gasteiger partial charge on any atom is -0.398 e. The zero-order valence-electron chi connectivity index (χ0n) is 10.6. The van der Waals surface area contributed by atoms with Crippen molar-refractivity contribution < 1.29 is 9.53 Å². The third-order valence-corrected chi connectivity index (χ3v) is 2.41. The van der Waals surface area contributed by atoms with Crippen molar-refractivity contribution in [2.24, 2.45) is 0 Å². The van der Waals surface area contributed by atoms with Crippen molar-refractivity contribution in [1.29, 1.82) is 0 Å². The number of para-hydroxylation sites is 1. The molecule has 4 nitrogen and oxygen atoms in total. The van der Waals surface area contributed by atoms with Crippen molar-refractivity contribution in [2.75, 3.05) is 18.9 Å². The molecule has 0 aromatic heterocycles. The summed E-state index contributed by atoms with van der Waals surface area (Å²) in [5.74, 6) is -0.154. The van der Waals surface area contributed by atoms with Gasteiger partial charge in [0.2, 0.25) is 0 Å². The SMILES string of the molecule is Cc1cccc(C(=O)NCCOC(C)C)c1N. The molecule has 0 bridgehead atoms. The molecule has 4 heteroatoms. The molecule has 0 aliphatic rings. The number of nitrogens with two attached hydrogens (primary N) is 1. The fraction of sp³-hybridized carbons (Fsp3) is 0.462. The van der Waals surface area contributed by atoms with Gasteiger partial charge in [-0.3, -0.25) is 4.79 Å². The molecule has 1 aromatic rings. The summed E-state index contributed by atoms with van der Waals surface area (Å²) in [6.07, 6.45) is 0.177. The molecule has 0 radical (unpaired) electrons. The molecule has 3 N–H and O–H groups in total. The lowest BCUT2D eigenvalue weighted by molar-refractivity contribution is 0.0747. The predicted octanol–water partition coefficient (Wildman–Crippen LogP) is 1.73. The summed E-state index contributed by atoms with van der Waals surface area (Å²) in [6.45, 7) is 6.80. The Bertz CT molecular complexity index is 389. The van der Waals surface area contributed by atoms with Crippen molar-refractivity contribution >= 4 is 11.6 Å². The zero-order valence-corrected chi connectivity index (χ0v) is 10.6. The third-order valence-electron chi connectivity index (χ3n) is 2.41. The summed E-state index contributed by atoms with van der Waals surface area (Å²) in [4.78, 5) is 11.8. The fourth-order valence-electron chi connectivity index (χ4n) is 1.43. The van der Waals surface area contributed by atoms with E-state index in [1.807, 2.05) is 32.9 Å². The maximum absolute atomic E-state index is 11.8. The molecule has 0 fully saturated rings. The Morgan fingerprint density at radius 1 is 1.47 bits per heavy atom. The van der Waals surface area contributed by atoms with Crippen LogP contribution in [0.25, 0.3) is 0 Å². The smallest absolute Gasteiger partial charge is 0.253 e. The van der Waals surface area contributed by atoms with Gasteiger partial charge in [-0.05, 0) is 32.4 Å². The van der Waals surface area contributed by atoms with Crippen molar-refractivity contribution in [3.8, 4) is 0 Å². The maximum Gasteiger partial charge on any atom is 0.253 e. The molecule has 1 aromatic carbocycles. The van der Waals surface area contributed by atoms with Crippen LogP contribution in [-0.4, -0.2) is 25.2 Å². The summed E-state index contributed by atoms with van der Waals surface area (Å²) in [6, 6.07) is 5.43. The molecule has 1 amide bonds. The quantitative estimate of drug-likeness (QED) is 0.604. The first kappa shape index (κ1) is 13.5. The largest absolute Gasteiger partial charge is 0.398 e. The lowest BCUT2D eigenvalue weighted by atomic mass is 10.1. The molecule has 17 heavy (non-hydrogen) atoms. The van der Waals surface area contributed by atoms with Gasteiger partial charge < -0.3 is 15.8 Å². The Labute approximate surface area is 102 Å². The van der Waals surface area contributed by atoms with Crippen molar-refractivity contribution in [2.45, 2.75) is 26.9 Å². The highest BCUT2D eigenvalue weighted by molar-refractivity contribution is 5.99. The number of carbonyl (C=O) groups excluding carboxylic acids is 1. The van der Waals surface area contributed by atoms with E-state index in [9.17, 15) is 4.79 Å². The van der Waals surface area contributed by atoms with E-state index in [4.69, 9.17) is 10.5 Å². The van der Waals surface area contributed by atoms with Gasteiger partial charge in [0.1, 0.15) is 0 Å². The average molecular weight is 236 g/mol. The molecular formula is C13H20N2O2. The minimum absolute atomic E-state index is 0.154. The molecule has 94 valence electrons. The molecular weight excluding hydrogens is 216 g/mol. The summed E-state index contributed by atoms with van der Waals surface area (Å²) < 4.78 is 5.34. The summed E-state index contributed by atoms with van der Waals surface area (Å²) in [5, 5.41) is 2.78. The first-order valence-electron chi connectivity index (χ1n) is 5.77. The topological polar surface area (TPSA) is 64.3 Å². The molecule has 0 unspecified atom stereocenters. The molecule has 1 rings (SSSR count). The Morgan fingerprint density at radius 3 is 2.82 bits per heavy atom. The standard InChI is InChI=1S/C13H20N2O2/c1-9(2)17-8-7-15-13(16)11-6-4-5-10(3)12(11)14/h4-6,9H,7-8,14H2,1-3H3,(H,15,16). The minimum atomic E-state index is -0.154. The van der Waals surface area contributed by atoms with Crippen LogP contribution < -0.4 is 11.1 Å². The van der Waals surface area contributed by atoms with Crippen LogP contribution in [-0.2, 0) is 4.74 Å². The number of anilines is 1. The van der Waals surface area contributed by atoms with E-state index in [-0.39, 0.29) is 12.0 Å². The van der Waals surface area contributed by atoms with Crippen LogP contribution in [0, 0.1) is 6.92 Å². The molecule has 0 heterocycles. The van der Waals surface area contributed by atoms with Crippen LogP contribution in [0.5, 0.6) is 0 Å². The Hall–Kier alpha value is -1.55. The van der Waals surface area contributed by atoms with Crippen molar-refractivity contribution in [3.05, 3.63) is 29.3 Å². The highest BCUT2D eigenvalue weighted by Crippen LogP contribution is 2.15. The van der Waals surface area contributed by atoms with Crippen molar-refractivity contribution in [3.63, 3.8) is 0 Å². The number of nitrogens with one attached hydrogen (secondary N) is 1. The number of rotatable bonds is 5. The summed E-state index contributed by atoms with van der Waals surface area (Å²) in [7, 11) is 0. The van der Waals surface area contributed by atoms with Crippen LogP contribution >= 0.6 is 0 Å². The zero-order chi connectivity index (χ0) is 12.8. The average Bonchev–Trinajstić information content (AvgIpc) is 2.27. The number of hydrogen-bond donors (Lipinski definition) is 2. The van der Waals surface area contributed by atoms with Crippen LogP contribution in [0.15, 0.2) is 18.2 Å². The van der Waals surface area contributed by atoms with Gasteiger partial charge in [0.05, 0.1) is 18.3 Å². The maximum atomic E-state index is 11.8. The van der Waals surface area contributed by atoms with E-state index < -0.39 is 0 Å². The lowest BCUT2D eigenvalue weighted by Crippen LogP contribution is -2.28. The highest BCUT2D eigenvalue weighted by atomic mass is 16.5. The Kier molecular flexibility index (Phi) is 4.97. The normalized spacial score (nSPS) is 10.6. The first-order chi connectivity index (χ1) is 8.02. The first-order valence-corrected chi connectivity index (χ1v) is 5.77. The second-order valence-corrected chi connectivity index (χ2v) is 4.21. The van der Waals surface area contributed by atoms with Crippen LogP contribution in [0.4, 0.5) is 5.69 Å². The monoisotopic (exact) mass is 236 g/mol. The number of nitrogen functional groups attached to an aromatic ring is 1. The van der Waals surface area contributed by atoms with E-state index in [2.05, 4.69) is 5.32 Å². The van der Waals surface area contributed by atoms with Gasteiger partial charge >= 0.3 is 0 Å². The number of aryl methyl sites for hydroxylation is 1. The molecule has 0 aliphatic heterocycles. The molecule has 0 saturated heterocycles. The molecule has 0 atom stereocenters. The van der Waals surface area contributed by atoms with Gasteiger partial charge in [0.15, 0.2) is 0 Å². The lowest BCUT2D eigenvalue weighted by Gasteiger charge is -2.10. The van der Waals surface area contributed by atoms with Gasteiger partial charge in [-0.1, -0.05) is 12.1 Å². The van der Waals surface area contributed by atoms with Crippen LogP contribution in [0.1, 0.15) is 29.8 Å². The molecule has 0 saturated carbocycles. The van der Waals surface area contributed by atoms with Crippen LogP contribution in [0.2, 0.25) is 0 Å². The van der Waals surface area contributed by atoms with E-state index in [0.29, 0.717) is 24.4 Å². The van der Waals surface area contributed by atoms with E-state index in [0.717, 1.165) is 5.56 Å². The van der Waals surface area contributed by atoms with Gasteiger partial charge in [0, 0.05) is 12.2 Å². The number of ether oxygens (including phenoxy) is 1. The summed E-state index contributed by atoms with van der Waals surface area (Å²) >= 11 is 0. The van der Waals surface area contributed by atoms with E-state index >= 15 is 0 Å². The van der Waals surface area contributed by atoms with Crippen LogP contribution in [0.3, 0.4) is 0 Å². The van der Waals surface area contributed by atoms with Gasteiger partial charge in [-0.2, -0.15) is 0 Å². The third kappa shape index (κ3) is 4.07. The number of carbonyl (C=O) groups is 1. The van der Waals surface area contributed by atoms with Gasteiger partial charge in [-0.25, -0.2) is 0 Å². The predicted molar refractivity (Wildman–Crippen MR) is 69.0 cm³/mol. The van der Waals surface area contributed by atoms with Gasteiger partial charge in [0.25, 0.3) is 5.91 Å². The second-order valence-electron chi connectivity index (χ2n) is 4.21. The Balaban J connectivity index is 2.50. The number of hydrogen-bond acceptors (Lipinski definition) is 3. The Morgan fingerprint density at radius 2 is 2.18 bits per heavy atom. The number of benzene rings is 1. The summed E-state index contributed by atoms with van der Waals surface area (Å²) in [5.41, 5.74) is 7.82. The molecule has 0 spiro atoms. The van der Waals surface area contributed by atoms with Crippen molar-refractivity contribution in [1.82, 2.24) is 5.32 Å². The van der Waals surface area contributed by atoms with E-state index in [1.165, 1.54) is 0 Å². The number of amides is 1. The highest BCUT2D eigenvalue weighted by Gasteiger charge is 2.09. The van der Waals surface area contributed by atoms with E-state index in [1.54, 1.807) is 6.07 Å². The molecule has 0 aliphatic carbocycles.